The van der Waals surface area contributed by atoms with Crippen LogP contribution in [0.5, 0.6) is 0 Å². The van der Waals surface area contributed by atoms with E-state index in [0.29, 0.717) is 5.54 Å². The van der Waals surface area contributed by atoms with Crippen LogP contribution in [-0.4, -0.2) is 5.54 Å². The lowest BCUT2D eigenvalue weighted by Crippen LogP contribution is -2.43. The van der Waals surface area contributed by atoms with Gasteiger partial charge in [0.1, 0.15) is 0 Å². The molecule has 0 aromatic heterocycles. The minimum absolute atomic E-state index is 0.291. The molecular formula is C14H21N. The Hall–Kier alpha value is -0.980. The predicted molar refractivity (Wildman–Crippen MR) is 66.1 cm³/mol. The Balaban J connectivity index is 2.09. The van der Waals surface area contributed by atoms with E-state index in [1.54, 1.807) is 0 Å². The van der Waals surface area contributed by atoms with Crippen molar-refractivity contribution in [3.8, 4) is 0 Å². The Labute approximate surface area is 92.9 Å². The lowest BCUT2D eigenvalue weighted by atomic mass is 9.75. The number of anilines is 1. The highest BCUT2D eigenvalue weighted by Crippen LogP contribution is 2.35. The number of para-hydroxylation sites is 1. The van der Waals surface area contributed by atoms with Crippen LogP contribution in [0.2, 0.25) is 0 Å². The van der Waals surface area contributed by atoms with E-state index in [1.807, 2.05) is 0 Å². The summed E-state index contributed by atoms with van der Waals surface area (Å²) in [5, 5.41) is 3.71. The summed E-state index contributed by atoms with van der Waals surface area (Å²) in [4.78, 5) is 0. The lowest BCUT2D eigenvalue weighted by molar-refractivity contribution is 0.249. The van der Waals surface area contributed by atoms with Crippen molar-refractivity contribution in [3.63, 3.8) is 0 Å². The van der Waals surface area contributed by atoms with Crippen molar-refractivity contribution in [3.05, 3.63) is 30.3 Å². The van der Waals surface area contributed by atoms with Gasteiger partial charge in [-0.05, 0) is 37.8 Å². The van der Waals surface area contributed by atoms with Crippen molar-refractivity contribution in [2.24, 2.45) is 5.92 Å². The molecule has 1 fully saturated rings. The maximum Gasteiger partial charge on any atom is 0.0371 e. The SMILES string of the molecule is CC1CCCCC1(C)Nc1ccccc1. The fraction of sp³-hybridized carbons (Fsp3) is 0.571. The fourth-order valence-electron chi connectivity index (χ4n) is 2.54. The van der Waals surface area contributed by atoms with E-state index in [-0.39, 0.29) is 0 Å². The molecule has 2 atom stereocenters. The van der Waals surface area contributed by atoms with Crippen LogP contribution in [0.1, 0.15) is 39.5 Å². The zero-order valence-electron chi connectivity index (χ0n) is 9.79. The monoisotopic (exact) mass is 203 g/mol. The van der Waals surface area contributed by atoms with E-state index in [4.69, 9.17) is 0 Å². The topological polar surface area (TPSA) is 12.0 Å². The Morgan fingerprint density at radius 3 is 2.60 bits per heavy atom. The highest BCUT2D eigenvalue weighted by molar-refractivity contribution is 5.45. The minimum Gasteiger partial charge on any atom is -0.380 e. The van der Waals surface area contributed by atoms with Gasteiger partial charge in [-0.2, -0.15) is 0 Å². The Bertz CT molecular complexity index is 306. The van der Waals surface area contributed by atoms with Crippen molar-refractivity contribution < 1.29 is 0 Å². The number of rotatable bonds is 2. The predicted octanol–water partition coefficient (Wildman–Crippen LogP) is 4.07. The summed E-state index contributed by atoms with van der Waals surface area (Å²) in [6.07, 6.45) is 5.41. The molecule has 1 aliphatic rings. The molecule has 0 aliphatic heterocycles. The first-order valence-corrected chi connectivity index (χ1v) is 6.04. The van der Waals surface area contributed by atoms with Gasteiger partial charge in [0.15, 0.2) is 0 Å². The van der Waals surface area contributed by atoms with E-state index in [1.165, 1.54) is 31.4 Å². The first-order valence-electron chi connectivity index (χ1n) is 6.04. The fourth-order valence-corrected chi connectivity index (χ4v) is 2.54. The highest BCUT2D eigenvalue weighted by atomic mass is 15.0. The summed E-state index contributed by atoms with van der Waals surface area (Å²) in [5.74, 6) is 0.770. The first kappa shape index (κ1) is 10.5. The van der Waals surface area contributed by atoms with E-state index in [0.717, 1.165) is 5.92 Å². The second-order valence-electron chi connectivity index (χ2n) is 5.06. The molecule has 1 N–H and O–H groups in total. The van der Waals surface area contributed by atoms with Gasteiger partial charge in [0, 0.05) is 11.2 Å². The van der Waals surface area contributed by atoms with Gasteiger partial charge in [0.2, 0.25) is 0 Å². The average Bonchev–Trinajstić information content (AvgIpc) is 2.24. The van der Waals surface area contributed by atoms with E-state index >= 15 is 0 Å². The first-order chi connectivity index (χ1) is 7.21. The molecular weight excluding hydrogens is 182 g/mol. The molecule has 0 amide bonds. The standard InChI is InChI=1S/C14H21N/c1-12-8-6-7-11-14(12,2)15-13-9-4-3-5-10-13/h3-5,9-10,12,15H,6-8,11H2,1-2H3. The molecule has 1 aromatic rings. The number of nitrogens with one attached hydrogen (secondary N) is 1. The normalized spacial score (nSPS) is 31.2. The minimum atomic E-state index is 0.291. The van der Waals surface area contributed by atoms with Crippen LogP contribution < -0.4 is 5.32 Å². The third-order valence-corrected chi connectivity index (χ3v) is 3.87. The molecule has 0 saturated heterocycles. The molecule has 1 saturated carbocycles. The van der Waals surface area contributed by atoms with Gasteiger partial charge >= 0.3 is 0 Å². The van der Waals surface area contributed by atoms with Crippen molar-refractivity contribution >= 4 is 5.69 Å². The smallest absolute Gasteiger partial charge is 0.0371 e. The summed E-state index contributed by atoms with van der Waals surface area (Å²) in [7, 11) is 0. The average molecular weight is 203 g/mol. The van der Waals surface area contributed by atoms with E-state index in [9.17, 15) is 0 Å². The molecule has 2 rings (SSSR count). The molecule has 0 heterocycles. The largest absolute Gasteiger partial charge is 0.380 e. The van der Waals surface area contributed by atoms with Gasteiger partial charge in [-0.25, -0.2) is 0 Å². The lowest BCUT2D eigenvalue weighted by Gasteiger charge is -2.41. The van der Waals surface area contributed by atoms with Gasteiger partial charge in [0.25, 0.3) is 0 Å². The molecule has 1 nitrogen and oxygen atoms in total. The molecule has 1 heteroatoms. The summed E-state index contributed by atoms with van der Waals surface area (Å²) in [6.45, 7) is 4.74. The summed E-state index contributed by atoms with van der Waals surface area (Å²) >= 11 is 0. The highest BCUT2D eigenvalue weighted by Gasteiger charge is 2.33. The molecule has 1 aromatic carbocycles. The van der Waals surface area contributed by atoms with Crippen LogP contribution >= 0.6 is 0 Å². The Kier molecular flexibility index (Phi) is 2.99. The Morgan fingerprint density at radius 1 is 1.20 bits per heavy atom. The second kappa shape index (κ2) is 4.26. The van der Waals surface area contributed by atoms with E-state index < -0.39 is 0 Å². The van der Waals surface area contributed by atoms with Gasteiger partial charge in [-0.3, -0.25) is 0 Å². The van der Waals surface area contributed by atoms with Crippen LogP contribution in [0.25, 0.3) is 0 Å². The molecule has 0 spiro atoms. The number of benzene rings is 1. The van der Waals surface area contributed by atoms with Gasteiger partial charge in [0.05, 0.1) is 0 Å². The molecule has 0 bridgehead atoms. The summed E-state index contributed by atoms with van der Waals surface area (Å²) in [5.41, 5.74) is 1.55. The van der Waals surface area contributed by atoms with Crippen molar-refractivity contribution in [1.82, 2.24) is 0 Å². The van der Waals surface area contributed by atoms with Gasteiger partial charge < -0.3 is 5.32 Å². The molecule has 15 heavy (non-hydrogen) atoms. The van der Waals surface area contributed by atoms with Gasteiger partial charge in [-0.15, -0.1) is 0 Å². The molecule has 0 radical (unpaired) electrons. The van der Waals surface area contributed by atoms with Crippen molar-refractivity contribution in [1.29, 1.82) is 0 Å². The van der Waals surface area contributed by atoms with Crippen molar-refractivity contribution in [2.45, 2.75) is 45.1 Å². The third kappa shape index (κ3) is 2.34. The quantitative estimate of drug-likeness (QED) is 0.764. The number of hydrogen-bond acceptors (Lipinski definition) is 1. The van der Waals surface area contributed by atoms with Crippen molar-refractivity contribution in [2.75, 3.05) is 5.32 Å². The van der Waals surface area contributed by atoms with Gasteiger partial charge in [-0.1, -0.05) is 38.0 Å². The molecule has 2 unspecified atom stereocenters. The summed E-state index contributed by atoms with van der Waals surface area (Å²) < 4.78 is 0. The zero-order chi connectivity index (χ0) is 10.7. The van der Waals surface area contributed by atoms with Crippen LogP contribution in [0.4, 0.5) is 5.69 Å². The third-order valence-electron chi connectivity index (χ3n) is 3.87. The van der Waals surface area contributed by atoms with Crippen LogP contribution in [-0.2, 0) is 0 Å². The Morgan fingerprint density at radius 2 is 1.93 bits per heavy atom. The number of hydrogen-bond donors (Lipinski definition) is 1. The van der Waals surface area contributed by atoms with Crippen LogP contribution in [0.3, 0.4) is 0 Å². The molecule has 82 valence electrons. The second-order valence-corrected chi connectivity index (χ2v) is 5.06. The zero-order valence-corrected chi connectivity index (χ0v) is 9.79. The maximum atomic E-state index is 3.71. The maximum absolute atomic E-state index is 3.71. The molecule has 1 aliphatic carbocycles. The van der Waals surface area contributed by atoms with Crippen LogP contribution in [0, 0.1) is 5.92 Å². The van der Waals surface area contributed by atoms with Crippen LogP contribution in [0.15, 0.2) is 30.3 Å². The summed E-state index contributed by atoms with van der Waals surface area (Å²) in [6, 6.07) is 10.6. The van der Waals surface area contributed by atoms with E-state index in [2.05, 4.69) is 49.5 Å².